The maximum Gasteiger partial charge on any atom is 0.314 e. The monoisotopic (exact) mass is 358 g/mol. The molecule has 2 aromatic carbocycles. The first-order valence-corrected chi connectivity index (χ1v) is 7.22. The highest BCUT2D eigenvalue weighted by atomic mass is 79.9. The van der Waals surface area contributed by atoms with E-state index < -0.39 is 11.8 Å². The summed E-state index contributed by atoms with van der Waals surface area (Å²) in [6.45, 7) is 0. The minimum absolute atomic E-state index is 0.521. The van der Waals surface area contributed by atoms with Crippen LogP contribution in [-0.4, -0.2) is 21.8 Å². The highest BCUT2D eigenvalue weighted by Crippen LogP contribution is 2.16. The summed E-state index contributed by atoms with van der Waals surface area (Å²) in [6, 6.07) is 12.1. The number of anilines is 2. The van der Waals surface area contributed by atoms with E-state index in [0.29, 0.717) is 11.4 Å². The van der Waals surface area contributed by atoms with Crippen LogP contribution in [0, 0.1) is 0 Å². The second kappa shape index (κ2) is 5.98. The number of hydrogen-bond donors (Lipinski definition) is 3. The number of halogens is 1. The highest BCUT2D eigenvalue weighted by molar-refractivity contribution is 9.10. The van der Waals surface area contributed by atoms with Crippen LogP contribution in [0.1, 0.15) is 0 Å². The van der Waals surface area contributed by atoms with Crippen LogP contribution >= 0.6 is 15.9 Å². The molecule has 3 N–H and O–H groups in total. The Morgan fingerprint density at radius 3 is 2.32 bits per heavy atom. The van der Waals surface area contributed by atoms with E-state index in [-0.39, 0.29) is 0 Å². The lowest BCUT2D eigenvalue weighted by atomic mass is 10.2. The van der Waals surface area contributed by atoms with Crippen molar-refractivity contribution in [2.75, 3.05) is 10.6 Å². The third-order valence-corrected chi connectivity index (χ3v) is 3.52. The molecule has 22 heavy (non-hydrogen) atoms. The molecule has 0 aliphatic heterocycles. The van der Waals surface area contributed by atoms with Gasteiger partial charge in [-0.1, -0.05) is 15.9 Å². The van der Waals surface area contributed by atoms with Gasteiger partial charge in [-0.2, -0.15) is 0 Å². The number of nitrogens with one attached hydrogen (secondary N) is 3. The maximum atomic E-state index is 11.9. The van der Waals surface area contributed by atoms with E-state index in [1.807, 2.05) is 0 Å². The fourth-order valence-corrected chi connectivity index (χ4v) is 2.19. The van der Waals surface area contributed by atoms with Crippen LogP contribution in [-0.2, 0) is 9.59 Å². The van der Waals surface area contributed by atoms with Crippen LogP contribution in [0.4, 0.5) is 11.4 Å². The minimum Gasteiger partial charge on any atom is -0.345 e. The number of imidazole rings is 1. The Kier molecular flexibility index (Phi) is 3.88. The molecule has 0 aliphatic carbocycles. The van der Waals surface area contributed by atoms with Crippen molar-refractivity contribution in [2.45, 2.75) is 0 Å². The average molecular weight is 359 g/mol. The molecule has 0 bridgehead atoms. The standard InChI is InChI=1S/C15H11BrN4O2/c16-9-1-3-10(4-2-9)19-14(21)15(22)20-11-5-6-12-13(7-11)18-8-17-12/h1-8H,(H,17,18)(H,19,21)(H,20,22). The van der Waals surface area contributed by atoms with Gasteiger partial charge in [0.25, 0.3) is 0 Å². The van der Waals surface area contributed by atoms with Crippen molar-refractivity contribution < 1.29 is 9.59 Å². The number of H-pyrrole nitrogens is 1. The number of fused-ring (bicyclic) bond motifs is 1. The molecule has 1 heterocycles. The Hall–Kier alpha value is -2.67. The molecule has 0 fully saturated rings. The Morgan fingerprint density at radius 2 is 1.59 bits per heavy atom. The van der Waals surface area contributed by atoms with Crippen LogP contribution in [0.3, 0.4) is 0 Å². The first kappa shape index (κ1) is 14.3. The molecule has 2 amide bonds. The Labute approximate surface area is 134 Å². The summed E-state index contributed by atoms with van der Waals surface area (Å²) in [5.41, 5.74) is 2.64. The molecular weight excluding hydrogens is 348 g/mol. The van der Waals surface area contributed by atoms with Crippen LogP contribution in [0.15, 0.2) is 53.3 Å². The van der Waals surface area contributed by atoms with Crippen molar-refractivity contribution in [1.29, 1.82) is 0 Å². The Balaban J connectivity index is 1.67. The van der Waals surface area contributed by atoms with E-state index in [1.165, 1.54) is 0 Å². The number of aromatic nitrogens is 2. The molecule has 0 aliphatic rings. The Bertz CT molecular complexity index is 842. The van der Waals surface area contributed by atoms with Crippen molar-refractivity contribution >= 4 is 50.2 Å². The summed E-state index contributed by atoms with van der Waals surface area (Å²) in [6.07, 6.45) is 1.57. The van der Waals surface area contributed by atoms with Gasteiger partial charge >= 0.3 is 11.8 Å². The molecule has 110 valence electrons. The normalized spacial score (nSPS) is 10.4. The SMILES string of the molecule is O=C(Nc1ccc(Br)cc1)C(=O)Nc1ccc2nc[nH]c2c1. The number of benzene rings is 2. The van der Waals surface area contributed by atoms with Gasteiger partial charge in [0, 0.05) is 15.8 Å². The zero-order valence-corrected chi connectivity index (χ0v) is 12.8. The second-order valence-electron chi connectivity index (χ2n) is 4.55. The summed E-state index contributed by atoms with van der Waals surface area (Å²) in [5.74, 6) is -1.46. The fraction of sp³-hybridized carbons (Fsp3) is 0. The number of carbonyl (C=O) groups excluding carboxylic acids is 2. The van der Waals surface area contributed by atoms with Gasteiger partial charge in [0.15, 0.2) is 0 Å². The molecule has 1 aromatic heterocycles. The topological polar surface area (TPSA) is 86.9 Å². The van der Waals surface area contributed by atoms with Crippen LogP contribution in [0.25, 0.3) is 11.0 Å². The predicted molar refractivity (Wildman–Crippen MR) is 87.5 cm³/mol. The number of amides is 2. The van der Waals surface area contributed by atoms with Crippen LogP contribution in [0.5, 0.6) is 0 Å². The summed E-state index contributed by atoms with van der Waals surface area (Å²) in [5, 5.41) is 5.08. The molecule has 3 aromatic rings. The number of aromatic amines is 1. The van der Waals surface area contributed by atoms with E-state index >= 15 is 0 Å². The third-order valence-electron chi connectivity index (χ3n) is 2.99. The predicted octanol–water partition coefficient (Wildman–Crippen LogP) is 2.90. The first-order valence-electron chi connectivity index (χ1n) is 6.43. The molecule has 0 spiro atoms. The maximum absolute atomic E-state index is 11.9. The van der Waals surface area contributed by atoms with Crippen molar-refractivity contribution in [2.24, 2.45) is 0 Å². The lowest BCUT2D eigenvalue weighted by molar-refractivity contribution is -0.132. The van der Waals surface area contributed by atoms with Crippen LogP contribution in [0.2, 0.25) is 0 Å². The van der Waals surface area contributed by atoms with Gasteiger partial charge in [-0.15, -0.1) is 0 Å². The number of rotatable bonds is 2. The quantitative estimate of drug-likeness (QED) is 0.615. The molecule has 7 heteroatoms. The van der Waals surface area contributed by atoms with E-state index in [0.717, 1.165) is 15.5 Å². The van der Waals surface area contributed by atoms with Gasteiger partial charge in [-0.3, -0.25) is 9.59 Å². The van der Waals surface area contributed by atoms with Crippen LogP contribution < -0.4 is 10.6 Å². The molecule has 6 nitrogen and oxygen atoms in total. The number of hydrogen-bond acceptors (Lipinski definition) is 3. The molecule has 0 saturated carbocycles. The third kappa shape index (κ3) is 3.15. The molecular formula is C15H11BrN4O2. The van der Waals surface area contributed by atoms with E-state index in [4.69, 9.17) is 0 Å². The molecule has 0 atom stereocenters. The molecule has 0 unspecified atom stereocenters. The first-order chi connectivity index (χ1) is 10.6. The summed E-state index contributed by atoms with van der Waals surface area (Å²) < 4.78 is 0.891. The van der Waals surface area contributed by atoms with Gasteiger partial charge in [0.05, 0.1) is 17.4 Å². The van der Waals surface area contributed by atoms with Gasteiger partial charge in [0.1, 0.15) is 0 Å². The highest BCUT2D eigenvalue weighted by Gasteiger charge is 2.14. The number of nitrogens with zero attached hydrogens (tertiary/aromatic N) is 1. The van der Waals surface area contributed by atoms with Crippen molar-refractivity contribution in [3.63, 3.8) is 0 Å². The van der Waals surface area contributed by atoms with Gasteiger partial charge in [0.2, 0.25) is 0 Å². The summed E-state index contributed by atoms with van der Waals surface area (Å²) in [4.78, 5) is 30.8. The van der Waals surface area contributed by atoms with Crippen molar-refractivity contribution in [3.05, 3.63) is 53.3 Å². The van der Waals surface area contributed by atoms with Gasteiger partial charge in [-0.25, -0.2) is 4.98 Å². The zero-order valence-electron chi connectivity index (χ0n) is 11.3. The number of carbonyl (C=O) groups is 2. The summed E-state index contributed by atoms with van der Waals surface area (Å²) >= 11 is 3.30. The molecule has 3 rings (SSSR count). The van der Waals surface area contributed by atoms with Crippen molar-refractivity contribution in [1.82, 2.24) is 9.97 Å². The lowest BCUT2D eigenvalue weighted by Gasteiger charge is -2.06. The van der Waals surface area contributed by atoms with Gasteiger partial charge < -0.3 is 15.6 Å². The van der Waals surface area contributed by atoms with Gasteiger partial charge in [-0.05, 0) is 42.5 Å². The van der Waals surface area contributed by atoms with E-state index in [2.05, 4.69) is 36.5 Å². The molecule has 0 radical (unpaired) electrons. The smallest absolute Gasteiger partial charge is 0.314 e. The lowest BCUT2D eigenvalue weighted by Crippen LogP contribution is -2.29. The fourth-order valence-electron chi connectivity index (χ4n) is 1.92. The zero-order chi connectivity index (χ0) is 15.5. The largest absolute Gasteiger partial charge is 0.345 e. The van der Waals surface area contributed by atoms with E-state index in [9.17, 15) is 9.59 Å². The molecule has 0 saturated heterocycles. The Morgan fingerprint density at radius 1 is 0.955 bits per heavy atom. The summed E-state index contributed by atoms with van der Waals surface area (Å²) in [7, 11) is 0. The van der Waals surface area contributed by atoms with Crippen molar-refractivity contribution in [3.8, 4) is 0 Å². The second-order valence-corrected chi connectivity index (χ2v) is 5.47. The average Bonchev–Trinajstić information content (AvgIpc) is 2.97. The van der Waals surface area contributed by atoms with E-state index in [1.54, 1.807) is 48.8 Å². The minimum atomic E-state index is -0.734.